The third kappa shape index (κ3) is 4.59. The predicted octanol–water partition coefficient (Wildman–Crippen LogP) is 2.38. The van der Waals surface area contributed by atoms with Gasteiger partial charge < -0.3 is 10.1 Å². The summed E-state index contributed by atoms with van der Waals surface area (Å²) in [5.74, 6) is 1.48. The Morgan fingerprint density at radius 1 is 1.14 bits per heavy atom. The summed E-state index contributed by atoms with van der Waals surface area (Å²) in [6.07, 6.45) is 0.540. The summed E-state index contributed by atoms with van der Waals surface area (Å²) in [7, 11) is -1.76. The first-order valence-corrected chi connectivity index (χ1v) is 8.43. The Morgan fingerprint density at radius 2 is 1.86 bits per heavy atom. The van der Waals surface area contributed by atoms with E-state index in [0.717, 1.165) is 11.4 Å². The predicted molar refractivity (Wildman–Crippen MR) is 86.0 cm³/mol. The van der Waals surface area contributed by atoms with E-state index in [4.69, 9.17) is 4.74 Å². The van der Waals surface area contributed by atoms with Gasteiger partial charge in [0.2, 0.25) is 10.0 Å². The quantitative estimate of drug-likeness (QED) is 0.813. The summed E-state index contributed by atoms with van der Waals surface area (Å²) in [6.45, 7) is 1.80. The van der Waals surface area contributed by atoms with Crippen LogP contribution in [0.25, 0.3) is 0 Å². The standard InChI is InChI=1S/C14H18N4O3S/c1-3-9-22(19,20)18-14-8-7-13(16-17-14)15-11-5-4-6-12(10-11)21-2/h4-8,10H,3,9H2,1-2H3,(H,15,16)(H,17,18). The molecule has 0 saturated carbocycles. The van der Waals surface area contributed by atoms with Crippen molar-refractivity contribution in [1.29, 1.82) is 0 Å². The average molecular weight is 322 g/mol. The second-order valence-corrected chi connectivity index (χ2v) is 6.42. The molecule has 0 spiro atoms. The second-order valence-electron chi connectivity index (χ2n) is 4.58. The van der Waals surface area contributed by atoms with Crippen molar-refractivity contribution in [2.45, 2.75) is 13.3 Å². The Balaban J connectivity index is 2.05. The Bertz CT molecular complexity index is 717. The van der Waals surface area contributed by atoms with Gasteiger partial charge in [0, 0.05) is 11.8 Å². The molecular formula is C14H18N4O3S. The zero-order chi connectivity index (χ0) is 16.0. The highest BCUT2D eigenvalue weighted by Crippen LogP contribution is 2.20. The van der Waals surface area contributed by atoms with Crippen molar-refractivity contribution >= 4 is 27.3 Å². The summed E-state index contributed by atoms with van der Waals surface area (Å²) < 4.78 is 30.8. The number of rotatable bonds is 7. The van der Waals surface area contributed by atoms with Gasteiger partial charge in [0.1, 0.15) is 5.75 Å². The largest absolute Gasteiger partial charge is 0.497 e. The fraction of sp³-hybridized carbons (Fsp3) is 0.286. The molecule has 118 valence electrons. The Labute approximate surface area is 129 Å². The van der Waals surface area contributed by atoms with E-state index >= 15 is 0 Å². The van der Waals surface area contributed by atoms with Crippen LogP contribution in [0.2, 0.25) is 0 Å². The topological polar surface area (TPSA) is 93.2 Å². The van der Waals surface area contributed by atoms with Gasteiger partial charge in [-0.15, -0.1) is 10.2 Å². The molecule has 0 aliphatic rings. The van der Waals surface area contributed by atoms with E-state index in [-0.39, 0.29) is 11.6 Å². The number of hydrogen-bond donors (Lipinski definition) is 2. The molecule has 0 radical (unpaired) electrons. The monoisotopic (exact) mass is 322 g/mol. The number of nitrogens with zero attached hydrogens (tertiary/aromatic N) is 2. The molecule has 0 amide bonds. The number of benzene rings is 1. The van der Waals surface area contributed by atoms with Gasteiger partial charge in [-0.3, -0.25) is 4.72 Å². The molecule has 1 aromatic heterocycles. The molecule has 2 N–H and O–H groups in total. The lowest BCUT2D eigenvalue weighted by atomic mass is 10.3. The van der Waals surface area contributed by atoms with Crippen molar-refractivity contribution in [2.24, 2.45) is 0 Å². The van der Waals surface area contributed by atoms with Crippen LogP contribution in [0.4, 0.5) is 17.3 Å². The Morgan fingerprint density at radius 3 is 2.50 bits per heavy atom. The highest BCUT2D eigenvalue weighted by Gasteiger charge is 2.10. The van der Waals surface area contributed by atoms with E-state index in [2.05, 4.69) is 20.2 Å². The maximum Gasteiger partial charge on any atom is 0.233 e. The average Bonchev–Trinajstić information content (AvgIpc) is 2.49. The number of methoxy groups -OCH3 is 1. The van der Waals surface area contributed by atoms with E-state index in [1.807, 2.05) is 24.3 Å². The first-order valence-electron chi connectivity index (χ1n) is 6.77. The molecule has 0 aliphatic heterocycles. The second kappa shape index (κ2) is 7.08. The summed E-state index contributed by atoms with van der Waals surface area (Å²) in [6, 6.07) is 10.6. The van der Waals surface area contributed by atoms with E-state index < -0.39 is 10.0 Å². The number of nitrogens with one attached hydrogen (secondary N) is 2. The van der Waals surface area contributed by atoms with Gasteiger partial charge in [-0.2, -0.15) is 0 Å². The molecule has 0 bridgehead atoms. The highest BCUT2D eigenvalue weighted by molar-refractivity contribution is 7.92. The lowest BCUT2D eigenvalue weighted by molar-refractivity contribution is 0.415. The molecule has 7 nitrogen and oxygen atoms in total. The summed E-state index contributed by atoms with van der Waals surface area (Å²) in [5, 5.41) is 10.9. The van der Waals surface area contributed by atoms with Crippen molar-refractivity contribution in [3.05, 3.63) is 36.4 Å². The SMILES string of the molecule is CCCS(=O)(=O)Nc1ccc(Nc2cccc(OC)c2)nn1. The molecule has 2 aromatic rings. The molecule has 0 fully saturated rings. The smallest absolute Gasteiger partial charge is 0.233 e. The minimum atomic E-state index is -3.35. The lowest BCUT2D eigenvalue weighted by Gasteiger charge is -2.08. The molecule has 2 rings (SSSR count). The van der Waals surface area contributed by atoms with Gasteiger partial charge in [-0.1, -0.05) is 13.0 Å². The fourth-order valence-electron chi connectivity index (χ4n) is 1.78. The summed E-state index contributed by atoms with van der Waals surface area (Å²) in [5.41, 5.74) is 0.799. The van der Waals surface area contributed by atoms with Gasteiger partial charge in [-0.25, -0.2) is 8.42 Å². The first-order chi connectivity index (χ1) is 10.5. The van der Waals surface area contributed by atoms with Crippen molar-refractivity contribution in [1.82, 2.24) is 10.2 Å². The van der Waals surface area contributed by atoms with Gasteiger partial charge in [0.15, 0.2) is 11.6 Å². The lowest BCUT2D eigenvalue weighted by Crippen LogP contribution is -2.17. The van der Waals surface area contributed by atoms with Gasteiger partial charge in [0.25, 0.3) is 0 Å². The van der Waals surface area contributed by atoms with Crippen LogP contribution in [0.15, 0.2) is 36.4 Å². The van der Waals surface area contributed by atoms with E-state index in [9.17, 15) is 8.42 Å². The van der Waals surface area contributed by atoms with Crippen LogP contribution in [0, 0.1) is 0 Å². The Kier molecular flexibility index (Phi) is 5.16. The minimum Gasteiger partial charge on any atom is -0.497 e. The van der Waals surface area contributed by atoms with Gasteiger partial charge in [-0.05, 0) is 30.7 Å². The minimum absolute atomic E-state index is 0.0541. The normalized spacial score (nSPS) is 11.0. The van der Waals surface area contributed by atoms with Crippen LogP contribution >= 0.6 is 0 Å². The number of aromatic nitrogens is 2. The van der Waals surface area contributed by atoms with Crippen LogP contribution in [0.5, 0.6) is 5.75 Å². The first kappa shape index (κ1) is 16.0. The molecule has 0 aliphatic carbocycles. The zero-order valence-electron chi connectivity index (χ0n) is 12.4. The molecular weight excluding hydrogens is 304 g/mol. The molecule has 0 saturated heterocycles. The van der Waals surface area contributed by atoms with Crippen molar-refractivity contribution in [2.75, 3.05) is 22.9 Å². The Hall–Kier alpha value is -2.35. The summed E-state index contributed by atoms with van der Waals surface area (Å²) >= 11 is 0. The van der Waals surface area contributed by atoms with Crippen molar-refractivity contribution < 1.29 is 13.2 Å². The van der Waals surface area contributed by atoms with Crippen LogP contribution in [-0.4, -0.2) is 31.5 Å². The molecule has 22 heavy (non-hydrogen) atoms. The van der Waals surface area contributed by atoms with Crippen LogP contribution in [-0.2, 0) is 10.0 Å². The van der Waals surface area contributed by atoms with Gasteiger partial charge >= 0.3 is 0 Å². The maximum atomic E-state index is 11.6. The van der Waals surface area contributed by atoms with Crippen molar-refractivity contribution in [3.8, 4) is 5.75 Å². The number of hydrogen-bond acceptors (Lipinski definition) is 6. The van der Waals surface area contributed by atoms with E-state index in [1.165, 1.54) is 0 Å². The molecule has 0 unspecified atom stereocenters. The number of ether oxygens (including phenoxy) is 1. The number of anilines is 3. The van der Waals surface area contributed by atoms with Gasteiger partial charge in [0.05, 0.1) is 12.9 Å². The summed E-state index contributed by atoms with van der Waals surface area (Å²) in [4.78, 5) is 0. The maximum absolute atomic E-state index is 11.6. The van der Waals surface area contributed by atoms with Crippen LogP contribution in [0.3, 0.4) is 0 Å². The molecule has 8 heteroatoms. The fourth-order valence-corrected chi connectivity index (χ4v) is 2.85. The third-order valence-electron chi connectivity index (χ3n) is 2.74. The third-order valence-corrected chi connectivity index (χ3v) is 4.21. The van der Waals surface area contributed by atoms with E-state index in [0.29, 0.717) is 12.2 Å². The molecule has 0 atom stereocenters. The highest BCUT2D eigenvalue weighted by atomic mass is 32.2. The number of sulfonamides is 1. The van der Waals surface area contributed by atoms with Crippen LogP contribution in [0.1, 0.15) is 13.3 Å². The van der Waals surface area contributed by atoms with Crippen molar-refractivity contribution in [3.63, 3.8) is 0 Å². The van der Waals surface area contributed by atoms with Crippen LogP contribution < -0.4 is 14.8 Å². The van der Waals surface area contributed by atoms with E-state index in [1.54, 1.807) is 26.2 Å². The molecule has 1 aromatic carbocycles. The zero-order valence-corrected chi connectivity index (χ0v) is 13.2. The molecule has 1 heterocycles.